The lowest BCUT2D eigenvalue weighted by Gasteiger charge is -2.36. The molecule has 0 radical (unpaired) electrons. The Hall–Kier alpha value is -3.23. The molecule has 29 heavy (non-hydrogen) atoms. The van der Waals surface area contributed by atoms with Gasteiger partial charge >= 0.3 is 6.09 Å². The maximum atomic E-state index is 14.2. The number of fused-ring (bicyclic) bond motifs is 1. The van der Waals surface area contributed by atoms with Gasteiger partial charge in [0.25, 0.3) is 5.91 Å². The number of halogens is 1. The Morgan fingerprint density at radius 2 is 1.86 bits per heavy atom. The molecule has 1 atom stereocenters. The fourth-order valence-corrected chi connectivity index (χ4v) is 3.16. The minimum atomic E-state index is -0.887. The van der Waals surface area contributed by atoms with Crippen molar-refractivity contribution in [3.05, 3.63) is 60.0 Å². The number of hydrogen-bond donors (Lipinski definition) is 3. The molecule has 0 saturated carbocycles. The Kier molecular flexibility index (Phi) is 4.81. The second-order valence-corrected chi connectivity index (χ2v) is 7.04. The van der Waals surface area contributed by atoms with Gasteiger partial charge in [0.2, 0.25) is 0 Å². The minimum absolute atomic E-state index is 0.261. The molecule has 2 fully saturated rings. The number of imide groups is 1. The van der Waals surface area contributed by atoms with Gasteiger partial charge in [-0.3, -0.25) is 10.1 Å². The second kappa shape index (κ2) is 7.31. The summed E-state index contributed by atoms with van der Waals surface area (Å²) in [6.45, 7) is 2.15. The lowest BCUT2D eigenvalue weighted by Crippen LogP contribution is -2.46. The average molecular weight is 398 g/mol. The molecule has 5 rings (SSSR count). The lowest BCUT2D eigenvalue weighted by atomic mass is 9.90. The number of alkyl carbamates (subject to hydrolysis) is 1. The Bertz CT molecular complexity index is 1070. The maximum absolute atomic E-state index is 14.2. The molecule has 150 valence electrons. The zero-order valence-corrected chi connectivity index (χ0v) is 15.6. The van der Waals surface area contributed by atoms with Crippen LogP contribution in [0.1, 0.15) is 12.5 Å². The molecule has 0 spiro atoms. The van der Waals surface area contributed by atoms with Gasteiger partial charge in [-0.15, -0.1) is 0 Å². The first-order valence-electron chi connectivity index (χ1n) is 9.05. The van der Waals surface area contributed by atoms with Crippen molar-refractivity contribution in [3.63, 3.8) is 0 Å². The standard InChI is InChI=1S/C17H14FNO2.C4H5NO3/c18-15-8-16-12(5-6-19-16)7-14(15)11-1-3-13(4-2-11)17(20)9-21-10-17;1-2-3(6)5-4(7)8-2/h1-8,19-20H,9-10H2;2H,1H3,(H,5,6,7). The van der Waals surface area contributed by atoms with E-state index < -0.39 is 17.8 Å². The largest absolute Gasteiger partial charge is 0.436 e. The molecule has 3 aromatic rings. The SMILES string of the molecule is CC1OC(=O)NC1=O.OC1(c2ccc(-c3cc4cc[nH]c4cc3F)cc2)COC1. The highest BCUT2D eigenvalue weighted by Gasteiger charge is 2.37. The van der Waals surface area contributed by atoms with Crippen molar-refractivity contribution in [2.75, 3.05) is 13.2 Å². The van der Waals surface area contributed by atoms with E-state index in [0.717, 1.165) is 22.0 Å². The van der Waals surface area contributed by atoms with Crippen LogP contribution in [0.25, 0.3) is 22.0 Å². The van der Waals surface area contributed by atoms with Crippen LogP contribution in [0.4, 0.5) is 9.18 Å². The van der Waals surface area contributed by atoms with Crippen molar-refractivity contribution >= 4 is 22.9 Å². The summed E-state index contributed by atoms with van der Waals surface area (Å²) in [4.78, 5) is 23.4. The number of H-pyrrole nitrogens is 1. The Balaban J connectivity index is 0.000000216. The molecule has 0 bridgehead atoms. The van der Waals surface area contributed by atoms with E-state index in [1.165, 1.54) is 13.0 Å². The van der Waals surface area contributed by atoms with Crippen LogP contribution in [0.15, 0.2) is 48.7 Å². The average Bonchev–Trinajstić information content (AvgIpc) is 3.24. The number of nitrogens with one attached hydrogen (secondary N) is 2. The lowest BCUT2D eigenvalue weighted by molar-refractivity contribution is -0.184. The number of aromatic nitrogens is 1. The number of rotatable bonds is 2. The van der Waals surface area contributed by atoms with Crippen molar-refractivity contribution < 1.29 is 28.6 Å². The highest BCUT2D eigenvalue weighted by atomic mass is 19.1. The van der Waals surface area contributed by atoms with Crippen molar-refractivity contribution in [2.24, 2.45) is 0 Å². The van der Waals surface area contributed by atoms with E-state index in [2.05, 4.69) is 9.72 Å². The number of cyclic esters (lactones) is 1. The monoisotopic (exact) mass is 398 g/mol. The first-order chi connectivity index (χ1) is 13.9. The summed E-state index contributed by atoms with van der Waals surface area (Å²) in [7, 11) is 0. The number of carbonyl (C=O) groups excluding carboxylic acids is 2. The fourth-order valence-electron chi connectivity index (χ4n) is 3.16. The van der Waals surface area contributed by atoms with Crippen LogP contribution in [-0.2, 0) is 19.9 Å². The molecular weight excluding hydrogens is 379 g/mol. The predicted molar refractivity (Wildman–Crippen MR) is 102 cm³/mol. The van der Waals surface area contributed by atoms with Crippen LogP contribution in [0.2, 0.25) is 0 Å². The van der Waals surface area contributed by atoms with Crippen LogP contribution >= 0.6 is 0 Å². The Labute approximate surface area is 165 Å². The normalized spacial score (nSPS) is 19.8. The quantitative estimate of drug-likeness (QED) is 0.616. The van der Waals surface area contributed by atoms with Gasteiger partial charge in [-0.05, 0) is 36.2 Å². The van der Waals surface area contributed by atoms with Gasteiger partial charge < -0.3 is 19.6 Å². The third-order valence-corrected chi connectivity index (χ3v) is 4.93. The van der Waals surface area contributed by atoms with E-state index in [4.69, 9.17) is 4.74 Å². The summed E-state index contributed by atoms with van der Waals surface area (Å²) < 4.78 is 23.6. The molecule has 3 N–H and O–H groups in total. The van der Waals surface area contributed by atoms with E-state index in [-0.39, 0.29) is 11.7 Å². The minimum Gasteiger partial charge on any atom is -0.436 e. The molecule has 8 heteroatoms. The van der Waals surface area contributed by atoms with Crippen LogP contribution in [0.5, 0.6) is 0 Å². The topological polar surface area (TPSA) is 101 Å². The van der Waals surface area contributed by atoms with Crippen LogP contribution in [0, 0.1) is 5.82 Å². The third kappa shape index (κ3) is 3.72. The van der Waals surface area contributed by atoms with Crippen molar-refractivity contribution in [1.82, 2.24) is 10.3 Å². The molecule has 2 aliphatic rings. The smallest absolute Gasteiger partial charge is 0.414 e. The van der Waals surface area contributed by atoms with Crippen molar-refractivity contribution in [3.8, 4) is 11.1 Å². The number of amides is 2. The van der Waals surface area contributed by atoms with Crippen molar-refractivity contribution in [1.29, 1.82) is 0 Å². The summed E-state index contributed by atoms with van der Waals surface area (Å²) in [6.07, 6.45) is 0.535. The van der Waals surface area contributed by atoms with E-state index in [9.17, 15) is 19.1 Å². The number of ether oxygens (including phenoxy) is 2. The van der Waals surface area contributed by atoms with Gasteiger partial charge in [-0.2, -0.15) is 0 Å². The van der Waals surface area contributed by atoms with E-state index >= 15 is 0 Å². The summed E-state index contributed by atoms with van der Waals surface area (Å²) in [5.74, 6) is -0.626. The van der Waals surface area contributed by atoms with E-state index in [1.54, 1.807) is 6.20 Å². The molecule has 2 amide bonds. The van der Waals surface area contributed by atoms with Crippen LogP contribution in [-0.4, -0.2) is 41.4 Å². The molecule has 0 aliphatic carbocycles. The van der Waals surface area contributed by atoms with Crippen LogP contribution in [0.3, 0.4) is 0 Å². The predicted octanol–water partition coefficient (Wildman–Crippen LogP) is 2.83. The van der Waals surface area contributed by atoms with Gasteiger partial charge in [-0.1, -0.05) is 24.3 Å². The summed E-state index contributed by atoms with van der Waals surface area (Å²) in [5, 5.41) is 13.1. The van der Waals surface area contributed by atoms with Crippen LogP contribution < -0.4 is 5.32 Å². The first kappa shape index (κ1) is 19.1. The summed E-state index contributed by atoms with van der Waals surface area (Å²) in [5.41, 5.74) is 2.06. The number of benzene rings is 2. The molecule has 2 aliphatic heterocycles. The number of carbonyl (C=O) groups is 2. The van der Waals surface area contributed by atoms with E-state index in [0.29, 0.717) is 18.8 Å². The maximum Gasteiger partial charge on any atom is 0.414 e. The summed E-state index contributed by atoms with van der Waals surface area (Å²) in [6, 6.07) is 12.6. The number of aliphatic hydroxyl groups is 1. The van der Waals surface area contributed by atoms with Gasteiger partial charge in [0, 0.05) is 22.7 Å². The Morgan fingerprint density at radius 3 is 2.38 bits per heavy atom. The fraction of sp³-hybridized carbons (Fsp3) is 0.238. The second-order valence-electron chi connectivity index (χ2n) is 7.04. The molecule has 7 nitrogen and oxygen atoms in total. The third-order valence-electron chi connectivity index (χ3n) is 4.93. The molecular formula is C21H19FN2O5. The van der Waals surface area contributed by atoms with Gasteiger partial charge in [-0.25, -0.2) is 9.18 Å². The molecule has 3 heterocycles. The highest BCUT2D eigenvalue weighted by molar-refractivity contribution is 5.99. The molecule has 1 aromatic heterocycles. The van der Waals surface area contributed by atoms with Gasteiger partial charge in [0.05, 0.1) is 13.2 Å². The van der Waals surface area contributed by atoms with Gasteiger partial charge in [0.15, 0.2) is 6.10 Å². The first-order valence-corrected chi connectivity index (χ1v) is 9.05. The number of aromatic amines is 1. The highest BCUT2D eigenvalue weighted by Crippen LogP contribution is 2.32. The van der Waals surface area contributed by atoms with E-state index in [1.807, 2.05) is 41.7 Å². The van der Waals surface area contributed by atoms with Crippen molar-refractivity contribution in [2.45, 2.75) is 18.6 Å². The zero-order valence-electron chi connectivity index (χ0n) is 15.6. The molecule has 2 saturated heterocycles. The summed E-state index contributed by atoms with van der Waals surface area (Å²) >= 11 is 0. The number of hydrogen-bond acceptors (Lipinski definition) is 5. The molecule has 2 aromatic carbocycles. The molecule has 1 unspecified atom stereocenters. The zero-order chi connectivity index (χ0) is 20.6. The Morgan fingerprint density at radius 1 is 1.14 bits per heavy atom. The van der Waals surface area contributed by atoms with Gasteiger partial charge in [0.1, 0.15) is 11.4 Å².